The minimum Gasteiger partial charge on any atom is -0.481 e. The van der Waals surface area contributed by atoms with E-state index in [4.69, 9.17) is 5.11 Å². The molecule has 1 heterocycles. The second-order valence-electron chi connectivity index (χ2n) is 4.48. The Kier molecular flexibility index (Phi) is 3.81. The molecule has 0 aliphatic heterocycles. The van der Waals surface area contributed by atoms with Crippen molar-refractivity contribution in [3.63, 3.8) is 0 Å². The van der Waals surface area contributed by atoms with Crippen molar-refractivity contribution in [2.24, 2.45) is 5.92 Å². The number of aliphatic carboxylic acids is 1. The quantitative estimate of drug-likeness (QED) is 0.647. The molecule has 1 fully saturated rings. The molecule has 0 bridgehead atoms. The van der Waals surface area contributed by atoms with E-state index >= 15 is 0 Å². The number of rotatable bonds is 3. The zero-order valence-corrected chi connectivity index (χ0v) is 9.85. The van der Waals surface area contributed by atoms with Crippen LogP contribution in [0.4, 0.5) is 10.5 Å². The van der Waals surface area contributed by atoms with Gasteiger partial charge in [-0.3, -0.25) is 9.89 Å². The Morgan fingerprint density at radius 1 is 1.44 bits per heavy atom. The minimum atomic E-state index is -0.781. The van der Waals surface area contributed by atoms with Gasteiger partial charge in [0.25, 0.3) is 0 Å². The molecule has 1 aromatic rings. The lowest BCUT2D eigenvalue weighted by atomic mass is 9.86. The summed E-state index contributed by atoms with van der Waals surface area (Å²) in [5, 5.41) is 20.7. The largest absolute Gasteiger partial charge is 0.481 e. The van der Waals surface area contributed by atoms with E-state index in [1.807, 2.05) is 0 Å². The number of aromatic amines is 1. The third-order valence-electron chi connectivity index (χ3n) is 3.11. The van der Waals surface area contributed by atoms with E-state index in [9.17, 15) is 9.59 Å². The van der Waals surface area contributed by atoms with Gasteiger partial charge in [-0.1, -0.05) is 6.42 Å². The van der Waals surface area contributed by atoms with Crippen LogP contribution in [0.3, 0.4) is 0 Å². The molecule has 2 amide bonds. The van der Waals surface area contributed by atoms with Crippen molar-refractivity contribution < 1.29 is 14.7 Å². The summed E-state index contributed by atoms with van der Waals surface area (Å²) in [5.74, 6) is -1.13. The molecule has 2 rings (SSSR count). The molecule has 98 valence electrons. The molecule has 0 radical (unpaired) electrons. The van der Waals surface area contributed by atoms with Crippen molar-refractivity contribution in [2.75, 3.05) is 5.32 Å². The molecule has 4 N–H and O–H groups in total. The Hall–Kier alpha value is -2.05. The third kappa shape index (κ3) is 3.22. The van der Waals surface area contributed by atoms with E-state index in [-0.39, 0.29) is 18.0 Å². The van der Waals surface area contributed by atoms with Crippen molar-refractivity contribution in [3.8, 4) is 0 Å². The smallest absolute Gasteiger partial charge is 0.319 e. The van der Waals surface area contributed by atoms with Crippen LogP contribution in [0, 0.1) is 5.92 Å². The number of urea groups is 1. The zero-order chi connectivity index (χ0) is 13.0. The van der Waals surface area contributed by atoms with E-state index < -0.39 is 5.97 Å². The van der Waals surface area contributed by atoms with E-state index in [0.29, 0.717) is 18.5 Å². The van der Waals surface area contributed by atoms with Gasteiger partial charge in [-0.25, -0.2) is 4.79 Å². The van der Waals surface area contributed by atoms with Gasteiger partial charge < -0.3 is 15.7 Å². The van der Waals surface area contributed by atoms with Gasteiger partial charge in [0.05, 0.1) is 17.8 Å². The van der Waals surface area contributed by atoms with Crippen molar-refractivity contribution in [2.45, 2.75) is 31.7 Å². The Morgan fingerprint density at radius 2 is 2.28 bits per heavy atom. The normalized spacial score (nSPS) is 23.3. The molecule has 2 atom stereocenters. The van der Waals surface area contributed by atoms with Gasteiger partial charge in [-0.15, -0.1) is 0 Å². The number of H-pyrrole nitrogens is 1. The van der Waals surface area contributed by atoms with Gasteiger partial charge in [-0.05, 0) is 19.3 Å². The van der Waals surface area contributed by atoms with Gasteiger partial charge in [0.1, 0.15) is 0 Å². The lowest BCUT2D eigenvalue weighted by Gasteiger charge is -2.27. The Bertz CT molecular complexity index is 418. The van der Waals surface area contributed by atoms with E-state index in [1.54, 1.807) is 6.20 Å². The molecule has 7 heteroatoms. The highest BCUT2D eigenvalue weighted by Crippen LogP contribution is 2.24. The highest BCUT2D eigenvalue weighted by molar-refractivity contribution is 5.89. The molecule has 1 aromatic heterocycles. The Balaban J connectivity index is 1.81. The standard InChI is InChI=1S/C11H16N4O3/c16-10(17)7-2-1-3-8(4-7)14-11(18)15-9-5-12-13-6-9/h5-8H,1-4H2,(H,12,13)(H,16,17)(H2,14,15,18). The number of carbonyl (C=O) groups excluding carboxylic acids is 1. The number of nitrogens with zero attached hydrogens (tertiary/aromatic N) is 1. The predicted octanol–water partition coefficient (Wildman–Crippen LogP) is 1.17. The molecular formula is C11H16N4O3. The van der Waals surface area contributed by atoms with Crippen molar-refractivity contribution in [1.29, 1.82) is 0 Å². The van der Waals surface area contributed by atoms with Crippen LogP contribution in [0.25, 0.3) is 0 Å². The molecule has 1 saturated carbocycles. The maximum atomic E-state index is 11.6. The van der Waals surface area contributed by atoms with Gasteiger partial charge in [-0.2, -0.15) is 5.10 Å². The van der Waals surface area contributed by atoms with Crippen molar-refractivity contribution in [1.82, 2.24) is 15.5 Å². The fraction of sp³-hybridized carbons (Fsp3) is 0.545. The fourth-order valence-electron chi connectivity index (χ4n) is 2.22. The summed E-state index contributed by atoms with van der Waals surface area (Å²) in [6.07, 6.45) is 5.90. The fourth-order valence-corrected chi connectivity index (χ4v) is 2.22. The summed E-state index contributed by atoms with van der Waals surface area (Å²) in [5.41, 5.74) is 0.582. The lowest BCUT2D eigenvalue weighted by molar-refractivity contribution is -0.143. The van der Waals surface area contributed by atoms with Gasteiger partial charge in [0.15, 0.2) is 0 Å². The molecule has 2 unspecified atom stereocenters. The zero-order valence-electron chi connectivity index (χ0n) is 9.85. The summed E-state index contributed by atoms with van der Waals surface area (Å²) in [6.45, 7) is 0. The number of aromatic nitrogens is 2. The molecule has 0 saturated heterocycles. The van der Waals surface area contributed by atoms with Crippen LogP contribution in [-0.4, -0.2) is 33.3 Å². The minimum absolute atomic E-state index is 0.0771. The van der Waals surface area contributed by atoms with Crippen LogP contribution in [0.15, 0.2) is 12.4 Å². The van der Waals surface area contributed by atoms with Crippen LogP contribution >= 0.6 is 0 Å². The molecule has 1 aliphatic rings. The maximum Gasteiger partial charge on any atom is 0.319 e. The molecule has 0 aromatic carbocycles. The summed E-state index contributed by atoms with van der Waals surface area (Å²) in [6, 6.07) is -0.404. The van der Waals surface area contributed by atoms with Crippen molar-refractivity contribution in [3.05, 3.63) is 12.4 Å². The molecule has 1 aliphatic carbocycles. The summed E-state index contributed by atoms with van der Waals surface area (Å²) >= 11 is 0. The third-order valence-corrected chi connectivity index (χ3v) is 3.11. The number of carbonyl (C=O) groups is 2. The molecular weight excluding hydrogens is 236 g/mol. The number of hydrogen-bond donors (Lipinski definition) is 4. The molecule has 18 heavy (non-hydrogen) atoms. The Labute approximate surface area is 104 Å². The molecule has 0 spiro atoms. The first kappa shape index (κ1) is 12.4. The molecule has 7 nitrogen and oxygen atoms in total. The van der Waals surface area contributed by atoms with Crippen LogP contribution in [0.1, 0.15) is 25.7 Å². The lowest BCUT2D eigenvalue weighted by Crippen LogP contribution is -2.41. The van der Waals surface area contributed by atoms with Crippen LogP contribution in [0.2, 0.25) is 0 Å². The van der Waals surface area contributed by atoms with Crippen molar-refractivity contribution >= 4 is 17.7 Å². The van der Waals surface area contributed by atoms with E-state index in [1.165, 1.54) is 6.20 Å². The number of anilines is 1. The second-order valence-corrected chi connectivity index (χ2v) is 4.48. The SMILES string of the molecule is O=C(Nc1cn[nH]c1)NC1CCCC(C(=O)O)C1. The number of nitrogens with one attached hydrogen (secondary N) is 3. The van der Waals surface area contributed by atoms with E-state index in [0.717, 1.165) is 12.8 Å². The van der Waals surface area contributed by atoms with Gasteiger partial charge in [0, 0.05) is 12.2 Å². The Morgan fingerprint density at radius 3 is 2.94 bits per heavy atom. The topological polar surface area (TPSA) is 107 Å². The number of carboxylic acid groups (broad SMARTS) is 1. The van der Waals surface area contributed by atoms with Crippen LogP contribution < -0.4 is 10.6 Å². The first-order valence-electron chi connectivity index (χ1n) is 5.94. The average molecular weight is 252 g/mol. The monoisotopic (exact) mass is 252 g/mol. The summed E-state index contributed by atoms with van der Waals surface area (Å²) < 4.78 is 0. The summed E-state index contributed by atoms with van der Waals surface area (Å²) in [7, 11) is 0. The second kappa shape index (κ2) is 5.52. The first-order valence-corrected chi connectivity index (χ1v) is 5.94. The van der Waals surface area contributed by atoms with E-state index in [2.05, 4.69) is 20.8 Å². The highest BCUT2D eigenvalue weighted by Gasteiger charge is 2.27. The number of hydrogen-bond acceptors (Lipinski definition) is 3. The maximum absolute atomic E-state index is 11.6. The average Bonchev–Trinajstić information content (AvgIpc) is 2.82. The number of carboxylic acids is 1. The summed E-state index contributed by atoms with van der Waals surface area (Å²) in [4.78, 5) is 22.5. The highest BCUT2D eigenvalue weighted by atomic mass is 16.4. The number of amides is 2. The first-order chi connectivity index (χ1) is 8.65. The van der Waals surface area contributed by atoms with Gasteiger partial charge in [0.2, 0.25) is 0 Å². The predicted molar refractivity (Wildman–Crippen MR) is 64.1 cm³/mol. The van der Waals surface area contributed by atoms with Gasteiger partial charge >= 0.3 is 12.0 Å². The van der Waals surface area contributed by atoms with Crippen LogP contribution in [0.5, 0.6) is 0 Å². The van der Waals surface area contributed by atoms with Crippen LogP contribution in [-0.2, 0) is 4.79 Å².